The molecule has 0 spiro atoms. The van der Waals surface area contributed by atoms with Crippen molar-refractivity contribution >= 4 is 11.8 Å². The number of amides is 2. The maximum atomic E-state index is 13.3. The van der Waals surface area contributed by atoms with Gasteiger partial charge in [0.15, 0.2) is 6.10 Å². The number of carbonyl (C=O) groups is 2. The van der Waals surface area contributed by atoms with E-state index in [0.717, 1.165) is 27.9 Å². The van der Waals surface area contributed by atoms with Gasteiger partial charge in [-0.2, -0.15) is 5.10 Å². The number of aromatic nitrogens is 2. The highest BCUT2D eigenvalue weighted by molar-refractivity contribution is 5.94. The molecule has 4 aromatic rings. The van der Waals surface area contributed by atoms with Gasteiger partial charge in [0.1, 0.15) is 5.69 Å². The van der Waals surface area contributed by atoms with Crippen LogP contribution in [-0.2, 0) is 11.2 Å². The number of hydrogen-bond acceptors (Lipinski definition) is 4. The van der Waals surface area contributed by atoms with Gasteiger partial charge >= 0.3 is 0 Å². The summed E-state index contributed by atoms with van der Waals surface area (Å²) < 4.78 is 1.57. The average molecular weight is 529 g/mol. The Morgan fingerprint density at radius 3 is 2.10 bits per heavy atom. The Morgan fingerprint density at radius 1 is 0.872 bits per heavy atom. The summed E-state index contributed by atoms with van der Waals surface area (Å²) in [5.41, 5.74) is 11.1. The fraction of sp³-hybridized carbons (Fsp3) is 0.281. The molecule has 2 atom stereocenters. The number of aryl methyl sites for hydroxylation is 2. The van der Waals surface area contributed by atoms with Crippen molar-refractivity contribution in [1.82, 2.24) is 15.1 Å². The zero-order valence-electron chi connectivity index (χ0n) is 23.7. The molecular weight excluding hydrogens is 488 g/mol. The van der Waals surface area contributed by atoms with Crippen LogP contribution in [0.2, 0.25) is 0 Å². The number of aliphatic hydroxyl groups excluding tert-OH is 1. The lowest BCUT2D eigenvalue weighted by Gasteiger charge is -2.22. The summed E-state index contributed by atoms with van der Waals surface area (Å²) in [5.74, 6) is -1.37. The maximum absolute atomic E-state index is 13.3. The summed E-state index contributed by atoms with van der Waals surface area (Å²) in [6.45, 7) is 11.8. The molecule has 0 bridgehead atoms. The number of primary amides is 1. The highest BCUT2D eigenvalue weighted by atomic mass is 16.3. The average Bonchev–Trinajstić information content (AvgIpc) is 3.37. The molecule has 206 valence electrons. The van der Waals surface area contributed by atoms with E-state index in [1.165, 1.54) is 0 Å². The zero-order valence-corrected chi connectivity index (χ0v) is 23.7. The molecule has 4 N–H and O–H groups in total. The van der Waals surface area contributed by atoms with Gasteiger partial charge in [-0.05, 0) is 55.2 Å². The van der Waals surface area contributed by atoms with Crippen molar-refractivity contribution in [1.29, 1.82) is 0 Å². The van der Waals surface area contributed by atoms with E-state index in [9.17, 15) is 14.7 Å². The lowest BCUT2D eigenvalue weighted by molar-refractivity contribution is -0.127. The maximum Gasteiger partial charge on any atom is 0.270 e. The van der Waals surface area contributed by atoms with Crippen LogP contribution < -0.4 is 11.1 Å². The largest absolute Gasteiger partial charge is 0.381 e. The third-order valence-corrected chi connectivity index (χ3v) is 5.79. The van der Waals surface area contributed by atoms with Crippen molar-refractivity contribution in [3.05, 3.63) is 107 Å². The van der Waals surface area contributed by atoms with Crippen LogP contribution in [0.5, 0.6) is 0 Å². The second-order valence-corrected chi connectivity index (χ2v) is 8.62. The molecule has 0 aliphatic heterocycles. The number of nitrogens with one attached hydrogen (secondary N) is 1. The minimum Gasteiger partial charge on any atom is -0.381 e. The van der Waals surface area contributed by atoms with E-state index in [0.29, 0.717) is 11.4 Å². The summed E-state index contributed by atoms with van der Waals surface area (Å²) in [7, 11) is 0. The normalized spacial score (nSPS) is 11.7. The van der Waals surface area contributed by atoms with Crippen molar-refractivity contribution in [2.45, 2.75) is 60.1 Å². The lowest BCUT2D eigenvalue weighted by Crippen LogP contribution is -2.50. The number of carbonyl (C=O) groups excluding carboxylic acids is 2. The van der Waals surface area contributed by atoms with Gasteiger partial charge in [0.25, 0.3) is 5.91 Å². The third-order valence-electron chi connectivity index (χ3n) is 5.79. The van der Waals surface area contributed by atoms with E-state index in [-0.39, 0.29) is 6.42 Å². The molecule has 39 heavy (non-hydrogen) atoms. The molecule has 7 heteroatoms. The van der Waals surface area contributed by atoms with Crippen LogP contribution in [0, 0.1) is 13.8 Å². The van der Waals surface area contributed by atoms with E-state index >= 15 is 0 Å². The molecule has 0 saturated heterocycles. The second kappa shape index (κ2) is 15.2. The number of hydrogen-bond donors (Lipinski definition) is 3. The smallest absolute Gasteiger partial charge is 0.270 e. The Balaban J connectivity index is 0.00000127. The highest BCUT2D eigenvalue weighted by Gasteiger charge is 2.28. The molecular formula is C32H40N4O3. The van der Waals surface area contributed by atoms with Crippen molar-refractivity contribution in [3.63, 3.8) is 0 Å². The summed E-state index contributed by atoms with van der Waals surface area (Å²) in [6, 6.07) is 26.0. The van der Waals surface area contributed by atoms with Gasteiger partial charge < -0.3 is 16.2 Å². The van der Waals surface area contributed by atoms with E-state index in [1.54, 1.807) is 17.7 Å². The molecule has 0 fully saturated rings. The monoisotopic (exact) mass is 528 g/mol. The first-order chi connectivity index (χ1) is 18.8. The molecule has 0 radical (unpaired) electrons. The Bertz CT molecular complexity index is 1350. The van der Waals surface area contributed by atoms with Crippen molar-refractivity contribution in [2.24, 2.45) is 5.73 Å². The Kier molecular flexibility index (Phi) is 12.1. The standard InChI is InChI=1S/C28H28N4O3.2C2H6/c1-18-8-6-11-21(14-18)22-12-7-13-23(17-22)32-25(15-19(2)31-32)28(35)30-24(26(33)27(29)34)16-20-9-4-3-5-10-20;2*1-2/h3-15,17,24,26,33H,16H2,1-2H3,(H2,29,34)(H,30,35);2*1-2H3. The lowest BCUT2D eigenvalue weighted by atomic mass is 10.0. The molecule has 1 aromatic heterocycles. The molecule has 1 heterocycles. The molecule has 0 aliphatic carbocycles. The summed E-state index contributed by atoms with van der Waals surface area (Å²) in [5, 5.41) is 17.7. The third kappa shape index (κ3) is 8.38. The van der Waals surface area contributed by atoms with Gasteiger partial charge in [-0.1, -0.05) is 100.0 Å². The first kappa shape index (κ1) is 31.0. The minimum atomic E-state index is -1.54. The molecule has 2 amide bonds. The Labute approximate surface area is 231 Å². The summed E-state index contributed by atoms with van der Waals surface area (Å²) >= 11 is 0. The second-order valence-electron chi connectivity index (χ2n) is 8.62. The first-order valence-electron chi connectivity index (χ1n) is 13.4. The molecule has 0 aliphatic rings. The topological polar surface area (TPSA) is 110 Å². The minimum absolute atomic E-state index is 0.243. The van der Waals surface area contributed by atoms with Gasteiger partial charge in [-0.3, -0.25) is 9.59 Å². The van der Waals surface area contributed by atoms with Crippen molar-refractivity contribution in [3.8, 4) is 16.8 Å². The van der Waals surface area contributed by atoms with Gasteiger partial charge in [0.2, 0.25) is 5.91 Å². The number of aliphatic hydroxyl groups is 1. The van der Waals surface area contributed by atoms with Gasteiger partial charge in [-0.25, -0.2) is 4.68 Å². The first-order valence-corrected chi connectivity index (χ1v) is 13.4. The SMILES string of the molecule is CC.CC.Cc1cccc(-c2cccc(-n3nc(C)cc3C(=O)NC(Cc3ccccc3)C(O)C(N)=O)c2)c1. The highest BCUT2D eigenvalue weighted by Crippen LogP contribution is 2.24. The number of nitrogens with two attached hydrogens (primary N) is 1. The molecule has 7 nitrogen and oxygen atoms in total. The van der Waals surface area contributed by atoms with Crippen LogP contribution >= 0.6 is 0 Å². The van der Waals surface area contributed by atoms with E-state index < -0.39 is 24.0 Å². The van der Waals surface area contributed by atoms with Crippen LogP contribution in [0.15, 0.2) is 84.9 Å². The van der Waals surface area contributed by atoms with Crippen LogP contribution in [0.4, 0.5) is 0 Å². The van der Waals surface area contributed by atoms with Gasteiger partial charge in [-0.15, -0.1) is 0 Å². The van der Waals surface area contributed by atoms with Gasteiger partial charge in [0, 0.05) is 0 Å². The fourth-order valence-corrected chi connectivity index (χ4v) is 4.05. The predicted molar refractivity (Wildman–Crippen MR) is 158 cm³/mol. The number of benzene rings is 3. The van der Waals surface area contributed by atoms with E-state index in [4.69, 9.17) is 5.73 Å². The van der Waals surface area contributed by atoms with Crippen LogP contribution in [0.1, 0.15) is 55.0 Å². The zero-order chi connectivity index (χ0) is 28.9. The predicted octanol–water partition coefficient (Wildman–Crippen LogP) is 5.40. The van der Waals surface area contributed by atoms with Crippen LogP contribution in [-0.4, -0.2) is 38.8 Å². The van der Waals surface area contributed by atoms with Crippen LogP contribution in [0.3, 0.4) is 0 Å². The quantitative estimate of drug-likeness (QED) is 0.285. The molecule has 3 aromatic carbocycles. The molecule has 0 saturated carbocycles. The van der Waals surface area contributed by atoms with E-state index in [1.807, 2.05) is 107 Å². The van der Waals surface area contributed by atoms with Gasteiger partial charge in [0.05, 0.1) is 17.4 Å². The van der Waals surface area contributed by atoms with Crippen molar-refractivity contribution < 1.29 is 14.7 Å². The van der Waals surface area contributed by atoms with E-state index in [2.05, 4.69) is 16.5 Å². The number of nitrogens with zero attached hydrogens (tertiary/aromatic N) is 2. The van der Waals surface area contributed by atoms with Crippen LogP contribution in [0.25, 0.3) is 16.8 Å². The fourth-order valence-electron chi connectivity index (χ4n) is 4.05. The molecule has 2 unspecified atom stereocenters. The summed E-state index contributed by atoms with van der Waals surface area (Å²) in [4.78, 5) is 25.1. The molecule has 4 rings (SSSR count). The summed E-state index contributed by atoms with van der Waals surface area (Å²) in [6.07, 6.45) is -1.30. The Morgan fingerprint density at radius 2 is 1.49 bits per heavy atom. The Hall–Kier alpha value is -4.23. The number of rotatable bonds is 8. The van der Waals surface area contributed by atoms with Crippen molar-refractivity contribution in [2.75, 3.05) is 0 Å².